The van der Waals surface area contributed by atoms with Crippen molar-refractivity contribution in [1.82, 2.24) is 0 Å². The first-order chi connectivity index (χ1) is 8.22. The third kappa shape index (κ3) is 2.60. The Labute approximate surface area is 106 Å². The SMILES string of the molecule is CN(c1ccccc1)c1ccc(CO)c(Cl)c1. The molecular weight excluding hydrogens is 234 g/mol. The Bertz CT molecular complexity index is 499. The van der Waals surface area contributed by atoms with Gasteiger partial charge in [-0.15, -0.1) is 0 Å². The molecule has 2 aromatic carbocycles. The Morgan fingerprint density at radius 1 is 1.06 bits per heavy atom. The molecule has 2 aromatic rings. The molecule has 0 saturated heterocycles. The van der Waals surface area contributed by atoms with E-state index >= 15 is 0 Å². The molecule has 88 valence electrons. The molecule has 0 aliphatic carbocycles. The summed E-state index contributed by atoms with van der Waals surface area (Å²) < 4.78 is 0. The standard InChI is InChI=1S/C14H14ClNO/c1-16(12-5-3-2-4-6-12)13-8-7-11(10-17)14(15)9-13/h2-9,17H,10H2,1H3. The topological polar surface area (TPSA) is 23.5 Å². The van der Waals surface area contributed by atoms with Gasteiger partial charge in [-0.2, -0.15) is 0 Å². The van der Waals surface area contributed by atoms with Gasteiger partial charge >= 0.3 is 0 Å². The molecule has 0 amide bonds. The summed E-state index contributed by atoms with van der Waals surface area (Å²) in [6, 6.07) is 15.7. The fourth-order valence-electron chi connectivity index (χ4n) is 1.67. The highest BCUT2D eigenvalue weighted by Gasteiger charge is 2.06. The van der Waals surface area contributed by atoms with Crippen LogP contribution in [0.25, 0.3) is 0 Å². The lowest BCUT2D eigenvalue weighted by Crippen LogP contribution is -2.09. The first-order valence-electron chi connectivity index (χ1n) is 5.40. The zero-order valence-corrected chi connectivity index (χ0v) is 10.4. The number of rotatable bonds is 3. The summed E-state index contributed by atoms with van der Waals surface area (Å²) >= 11 is 6.07. The van der Waals surface area contributed by atoms with Crippen molar-refractivity contribution in [2.45, 2.75) is 6.61 Å². The van der Waals surface area contributed by atoms with Crippen LogP contribution in [-0.2, 0) is 6.61 Å². The highest BCUT2D eigenvalue weighted by Crippen LogP contribution is 2.27. The normalized spacial score (nSPS) is 10.3. The van der Waals surface area contributed by atoms with Gasteiger partial charge in [0.25, 0.3) is 0 Å². The summed E-state index contributed by atoms with van der Waals surface area (Å²) in [5, 5.41) is 9.66. The van der Waals surface area contributed by atoms with Crippen molar-refractivity contribution in [2.75, 3.05) is 11.9 Å². The molecule has 0 unspecified atom stereocenters. The summed E-state index contributed by atoms with van der Waals surface area (Å²) in [7, 11) is 1.99. The Kier molecular flexibility index (Phi) is 3.67. The first-order valence-corrected chi connectivity index (χ1v) is 5.78. The van der Waals surface area contributed by atoms with Crippen LogP contribution in [0.1, 0.15) is 5.56 Å². The van der Waals surface area contributed by atoms with Crippen LogP contribution in [0.2, 0.25) is 5.02 Å². The van der Waals surface area contributed by atoms with E-state index in [0.717, 1.165) is 16.9 Å². The van der Waals surface area contributed by atoms with Gasteiger partial charge in [0.15, 0.2) is 0 Å². The largest absolute Gasteiger partial charge is 0.392 e. The number of aliphatic hydroxyl groups is 1. The van der Waals surface area contributed by atoms with Crippen LogP contribution in [0.5, 0.6) is 0 Å². The van der Waals surface area contributed by atoms with Crippen LogP contribution < -0.4 is 4.90 Å². The van der Waals surface area contributed by atoms with E-state index in [4.69, 9.17) is 16.7 Å². The van der Waals surface area contributed by atoms with Crippen LogP contribution in [-0.4, -0.2) is 12.2 Å². The number of hydrogen-bond acceptors (Lipinski definition) is 2. The molecule has 1 N–H and O–H groups in total. The smallest absolute Gasteiger partial charge is 0.0696 e. The van der Waals surface area contributed by atoms with Gasteiger partial charge in [-0.1, -0.05) is 35.9 Å². The second kappa shape index (κ2) is 5.21. The van der Waals surface area contributed by atoms with E-state index in [-0.39, 0.29) is 6.61 Å². The van der Waals surface area contributed by atoms with E-state index in [1.807, 2.05) is 60.5 Å². The summed E-state index contributed by atoms with van der Waals surface area (Å²) in [6.45, 7) is -0.0336. The second-order valence-electron chi connectivity index (χ2n) is 3.83. The van der Waals surface area contributed by atoms with E-state index < -0.39 is 0 Å². The fraction of sp³-hybridized carbons (Fsp3) is 0.143. The third-order valence-corrected chi connectivity index (χ3v) is 3.09. The van der Waals surface area contributed by atoms with Crippen LogP contribution in [0.4, 0.5) is 11.4 Å². The van der Waals surface area contributed by atoms with Crippen LogP contribution in [0.15, 0.2) is 48.5 Å². The van der Waals surface area contributed by atoms with Gasteiger partial charge in [-0.25, -0.2) is 0 Å². The van der Waals surface area contributed by atoms with Gasteiger partial charge in [0.2, 0.25) is 0 Å². The van der Waals surface area contributed by atoms with Gasteiger partial charge in [-0.05, 0) is 29.8 Å². The highest BCUT2D eigenvalue weighted by molar-refractivity contribution is 6.31. The number of aliphatic hydroxyl groups excluding tert-OH is 1. The van der Waals surface area contributed by atoms with E-state index in [0.29, 0.717) is 5.02 Å². The number of nitrogens with zero attached hydrogens (tertiary/aromatic N) is 1. The van der Waals surface area contributed by atoms with Gasteiger partial charge in [0.1, 0.15) is 0 Å². The maximum atomic E-state index is 9.07. The lowest BCUT2D eigenvalue weighted by molar-refractivity contribution is 0.282. The zero-order chi connectivity index (χ0) is 12.3. The molecule has 0 saturated carbocycles. The number of halogens is 1. The molecule has 0 fully saturated rings. The van der Waals surface area contributed by atoms with E-state index in [2.05, 4.69) is 0 Å². The van der Waals surface area contributed by atoms with Gasteiger partial charge < -0.3 is 10.0 Å². The number of benzene rings is 2. The Morgan fingerprint density at radius 2 is 1.76 bits per heavy atom. The number of para-hydroxylation sites is 1. The number of anilines is 2. The lowest BCUT2D eigenvalue weighted by atomic mass is 10.2. The minimum Gasteiger partial charge on any atom is -0.392 e. The molecule has 3 heteroatoms. The summed E-state index contributed by atoms with van der Waals surface area (Å²) in [5.41, 5.74) is 2.84. The minimum absolute atomic E-state index is 0.0336. The van der Waals surface area contributed by atoms with Crippen molar-refractivity contribution < 1.29 is 5.11 Å². The molecule has 0 spiro atoms. The third-order valence-electron chi connectivity index (χ3n) is 2.74. The molecule has 0 radical (unpaired) electrons. The van der Waals surface area contributed by atoms with Crippen LogP contribution >= 0.6 is 11.6 Å². The fourth-order valence-corrected chi connectivity index (χ4v) is 1.91. The predicted octanol–water partition coefficient (Wildman–Crippen LogP) is 3.60. The molecule has 0 atom stereocenters. The average molecular weight is 248 g/mol. The Morgan fingerprint density at radius 3 is 2.35 bits per heavy atom. The summed E-state index contributed by atoms with van der Waals surface area (Å²) in [4.78, 5) is 2.05. The monoisotopic (exact) mass is 247 g/mol. The molecule has 0 aliphatic heterocycles. The van der Waals surface area contributed by atoms with Crippen molar-refractivity contribution in [2.24, 2.45) is 0 Å². The molecule has 0 aliphatic rings. The van der Waals surface area contributed by atoms with Crippen LogP contribution in [0, 0.1) is 0 Å². The molecule has 0 heterocycles. The summed E-state index contributed by atoms with van der Waals surface area (Å²) in [5.74, 6) is 0. The average Bonchev–Trinajstić information content (AvgIpc) is 2.39. The molecule has 0 aromatic heterocycles. The minimum atomic E-state index is -0.0336. The molecule has 17 heavy (non-hydrogen) atoms. The quantitative estimate of drug-likeness (QED) is 0.896. The van der Waals surface area contributed by atoms with Crippen molar-refractivity contribution in [3.8, 4) is 0 Å². The number of hydrogen-bond donors (Lipinski definition) is 1. The van der Waals surface area contributed by atoms with E-state index in [1.54, 1.807) is 0 Å². The van der Waals surface area contributed by atoms with E-state index in [9.17, 15) is 0 Å². The van der Waals surface area contributed by atoms with Crippen molar-refractivity contribution >= 4 is 23.0 Å². The molecule has 0 bridgehead atoms. The Hall–Kier alpha value is -1.51. The van der Waals surface area contributed by atoms with Crippen molar-refractivity contribution in [3.63, 3.8) is 0 Å². The van der Waals surface area contributed by atoms with E-state index in [1.165, 1.54) is 0 Å². The highest BCUT2D eigenvalue weighted by atomic mass is 35.5. The maximum Gasteiger partial charge on any atom is 0.0696 e. The molecular formula is C14H14ClNO. The van der Waals surface area contributed by atoms with Crippen LogP contribution in [0.3, 0.4) is 0 Å². The maximum absolute atomic E-state index is 9.07. The molecule has 2 rings (SSSR count). The van der Waals surface area contributed by atoms with Gasteiger partial charge in [0.05, 0.1) is 6.61 Å². The van der Waals surface area contributed by atoms with Gasteiger partial charge in [0, 0.05) is 23.4 Å². The lowest BCUT2D eigenvalue weighted by Gasteiger charge is -2.20. The predicted molar refractivity (Wildman–Crippen MR) is 71.9 cm³/mol. The Balaban J connectivity index is 2.32. The molecule has 2 nitrogen and oxygen atoms in total. The first kappa shape index (κ1) is 12.0. The van der Waals surface area contributed by atoms with Gasteiger partial charge in [-0.3, -0.25) is 0 Å². The van der Waals surface area contributed by atoms with Crippen molar-refractivity contribution in [3.05, 3.63) is 59.1 Å². The second-order valence-corrected chi connectivity index (χ2v) is 4.24. The van der Waals surface area contributed by atoms with Crippen molar-refractivity contribution in [1.29, 1.82) is 0 Å². The zero-order valence-electron chi connectivity index (χ0n) is 9.60. The summed E-state index contributed by atoms with van der Waals surface area (Å²) in [6.07, 6.45) is 0.